The minimum atomic E-state index is 0.900. The zero-order valence-electron chi connectivity index (χ0n) is 28.5. The Hall–Kier alpha value is -5.52. The number of hydrogen-bond acceptors (Lipinski definition) is 5. The largest absolute Gasteiger partial charge is 0.311 e. The molecule has 1 heterocycles. The lowest BCUT2D eigenvalue weighted by atomic mass is 10.1. The van der Waals surface area contributed by atoms with Crippen molar-refractivity contribution >= 4 is 45.5 Å². The molecule has 0 fully saturated rings. The van der Waals surface area contributed by atoms with Gasteiger partial charge in [-0.2, -0.15) is 0 Å². The van der Waals surface area contributed by atoms with E-state index >= 15 is 0 Å². The lowest BCUT2D eigenvalue weighted by Gasteiger charge is -2.26. The molecule has 0 aliphatic carbocycles. The molecule has 7 rings (SSSR count). The molecule has 5 heteroatoms. The van der Waals surface area contributed by atoms with Crippen LogP contribution in [0.1, 0.15) is 36.1 Å². The van der Waals surface area contributed by atoms with Crippen molar-refractivity contribution in [3.05, 3.63) is 168 Å². The highest BCUT2D eigenvalue weighted by Gasteiger charge is 2.16. The molecule has 0 aliphatic rings. The quantitative estimate of drug-likeness (QED) is 0.147. The van der Waals surface area contributed by atoms with Crippen LogP contribution in [-0.4, -0.2) is 10.2 Å². The predicted octanol–water partition coefficient (Wildman–Crippen LogP) is 12.6. The van der Waals surface area contributed by atoms with E-state index in [2.05, 4.69) is 193 Å². The molecule has 0 saturated carbocycles. The molecule has 0 bridgehead atoms. The molecular formula is C44H40N4S. The monoisotopic (exact) mass is 656 g/mol. The van der Waals surface area contributed by atoms with E-state index in [1.54, 1.807) is 11.3 Å². The van der Waals surface area contributed by atoms with Crippen LogP contribution >= 0.6 is 11.3 Å². The third kappa shape index (κ3) is 7.03. The Morgan fingerprint density at radius 3 is 0.939 bits per heavy atom. The van der Waals surface area contributed by atoms with E-state index in [0.29, 0.717) is 0 Å². The van der Waals surface area contributed by atoms with Crippen molar-refractivity contribution in [3.8, 4) is 21.1 Å². The lowest BCUT2D eigenvalue weighted by molar-refractivity contribution is 1.10. The summed E-state index contributed by atoms with van der Waals surface area (Å²) in [5, 5.41) is 11.0. The molecular weight excluding hydrogens is 617 g/mol. The van der Waals surface area contributed by atoms with Crippen molar-refractivity contribution in [1.82, 2.24) is 10.2 Å². The number of nitrogens with zero attached hydrogens (tertiary/aromatic N) is 4. The van der Waals surface area contributed by atoms with Crippen LogP contribution in [0.15, 0.2) is 146 Å². The van der Waals surface area contributed by atoms with E-state index in [4.69, 9.17) is 0 Å². The van der Waals surface area contributed by atoms with E-state index in [-0.39, 0.29) is 0 Å². The van der Waals surface area contributed by atoms with Crippen LogP contribution in [0.4, 0.5) is 34.1 Å². The highest BCUT2D eigenvalue weighted by Crippen LogP contribution is 2.39. The van der Waals surface area contributed by atoms with Crippen molar-refractivity contribution in [1.29, 1.82) is 0 Å². The smallest absolute Gasteiger partial charge is 0.148 e. The molecule has 0 unspecified atom stereocenters. The van der Waals surface area contributed by atoms with Gasteiger partial charge in [0.1, 0.15) is 10.0 Å². The Morgan fingerprint density at radius 2 is 0.653 bits per heavy atom. The van der Waals surface area contributed by atoms with E-state index < -0.39 is 0 Å². The third-order valence-electron chi connectivity index (χ3n) is 8.96. The number of aromatic nitrogens is 2. The van der Waals surface area contributed by atoms with Crippen molar-refractivity contribution in [2.75, 3.05) is 9.80 Å². The summed E-state index contributed by atoms with van der Waals surface area (Å²) in [5.74, 6) is 0. The van der Waals surface area contributed by atoms with Crippen LogP contribution in [0.3, 0.4) is 0 Å². The highest BCUT2D eigenvalue weighted by molar-refractivity contribution is 7.17. The molecule has 0 N–H and O–H groups in total. The van der Waals surface area contributed by atoms with Gasteiger partial charge in [-0.3, -0.25) is 0 Å². The summed E-state index contributed by atoms with van der Waals surface area (Å²) in [6.07, 6.45) is 2.04. The molecule has 0 saturated heterocycles. The number of rotatable bonds is 10. The summed E-state index contributed by atoms with van der Waals surface area (Å²) in [6.45, 7) is 8.62. The maximum absolute atomic E-state index is 4.60. The van der Waals surface area contributed by atoms with Crippen LogP contribution in [0.25, 0.3) is 21.1 Å². The molecule has 7 aromatic rings. The first-order valence-electron chi connectivity index (χ1n) is 16.9. The first-order chi connectivity index (χ1) is 24.0. The molecule has 4 nitrogen and oxygen atoms in total. The summed E-state index contributed by atoms with van der Waals surface area (Å²) < 4.78 is 0. The minimum Gasteiger partial charge on any atom is -0.311 e. The summed E-state index contributed by atoms with van der Waals surface area (Å²) in [4.78, 5) is 4.60. The van der Waals surface area contributed by atoms with Gasteiger partial charge in [-0.15, -0.1) is 10.2 Å². The van der Waals surface area contributed by atoms with Crippen molar-refractivity contribution in [2.45, 2.75) is 40.5 Å². The zero-order valence-corrected chi connectivity index (χ0v) is 29.3. The molecule has 49 heavy (non-hydrogen) atoms. The third-order valence-corrected chi connectivity index (χ3v) is 9.98. The van der Waals surface area contributed by atoms with Gasteiger partial charge in [-0.25, -0.2) is 0 Å². The van der Waals surface area contributed by atoms with Gasteiger partial charge in [0.2, 0.25) is 0 Å². The number of hydrogen-bond donors (Lipinski definition) is 0. The van der Waals surface area contributed by atoms with E-state index in [1.165, 1.54) is 22.3 Å². The summed E-state index contributed by atoms with van der Waals surface area (Å²) in [6, 6.07) is 52.3. The molecule has 0 atom stereocenters. The summed E-state index contributed by atoms with van der Waals surface area (Å²) in [7, 11) is 0. The van der Waals surface area contributed by atoms with Gasteiger partial charge in [-0.1, -0.05) is 84.8 Å². The van der Waals surface area contributed by atoms with Gasteiger partial charge in [-0.05, 0) is 135 Å². The van der Waals surface area contributed by atoms with Crippen LogP contribution in [-0.2, 0) is 12.8 Å². The average Bonchev–Trinajstić information content (AvgIpc) is 3.65. The van der Waals surface area contributed by atoms with Crippen LogP contribution in [0, 0.1) is 13.8 Å². The number of anilines is 6. The molecule has 0 aliphatic heterocycles. The van der Waals surface area contributed by atoms with Gasteiger partial charge >= 0.3 is 0 Å². The van der Waals surface area contributed by atoms with Gasteiger partial charge in [0.15, 0.2) is 0 Å². The SMILES string of the molecule is CCc1ccc(N(c2ccc(C)cc2)c2ccc(-c3nnc(-c4ccc(N(c5ccc(C)cc5)c5ccc(CC)cc5)cc4)s3)cc2)cc1. The van der Waals surface area contributed by atoms with E-state index in [0.717, 1.165) is 68.1 Å². The fourth-order valence-corrected chi connectivity index (χ4v) is 6.86. The molecule has 0 amide bonds. The Labute approximate surface area is 294 Å². The molecule has 6 aromatic carbocycles. The van der Waals surface area contributed by atoms with Gasteiger partial charge < -0.3 is 9.80 Å². The van der Waals surface area contributed by atoms with Gasteiger partial charge in [0, 0.05) is 45.3 Å². The topological polar surface area (TPSA) is 32.3 Å². The molecule has 1 aromatic heterocycles. The van der Waals surface area contributed by atoms with Crippen LogP contribution in [0.5, 0.6) is 0 Å². The average molecular weight is 657 g/mol. The fourth-order valence-electron chi connectivity index (χ4n) is 6.01. The maximum atomic E-state index is 4.60. The Bertz CT molecular complexity index is 1960. The number of benzene rings is 6. The summed E-state index contributed by atoms with van der Waals surface area (Å²) >= 11 is 1.62. The highest BCUT2D eigenvalue weighted by atomic mass is 32.1. The molecule has 242 valence electrons. The van der Waals surface area contributed by atoms with E-state index in [1.807, 2.05) is 0 Å². The Kier molecular flexibility index (Phi) is 9.36. The van der Waals surface area contributed by atoms with Crippen LogP contribution in [0.2, 0.25) is 0 Å². The lowest BCUT2D eigenvalue weighted by Crippen LogP contribution is -2.09. The molecule has 0 radical (unpaired) electrons. The number of aryl methyl sites for hydroxylation is 4. The second kappa shape index (κ2) is 14.3. The van der Waals surface area contributed by atoms with Crippen LogP contribution < -0.4 is 9.80 Å². The van der Waals surface area contributed by atoms with Crippen molar-refractivity contribution in [3.63, 3.8) is 0 Å². The standard InChI is InChI=1S/C44H40N4S/c1-5-33-11-23-39(24-12-33)47(37-19-7-31(3)8-20-37)41-27-15-35(16-28-41)43-45-46-44(49-43)36-17-29-42(30-18-36)48(38-21-9-32(4)10-22-38)40-25-13-34(6-2)14-26-40/h7-30H,5-6H2,1-4H3. The normalized spacial score (nSPS) is 11.0. The van der Waals surface area contributed by atoms with E-state index in [9.17, 15) is 0 Å². The first-order valence-corrected chi connectivity index (χ1v) is 17.8. The summed E-state index contributed by atoms with van der Waals surface area (Å²) in [5.41, 5.74) is 14.0. The Balaban J connectivity index is 1.14. The second-order valence-corrected chi connectivity index (χ2v) is 13.4. The Morgan fingerprint density at radius 1 is 0.388 bits per heavy atom. The van der Waals surface area contributed by atoms with Crippen molar-refractivity contribution < 1.29 is 0 Å². The van der Waals surface area contributed by atoms with Crippen molar-refractivity contribution in [2.24, 2.45) is 0 Å². The second-order valence-electron chi connectivity index (χ2n) is 12.4. The molecule has 0 spiro atoms. The fraction of sp³-hybridized carbons (Fsp3) is 0.136. The van der Waals surface area contributed by atoms with Gasteiger partial charge in [0.05, 0.1) is 0 Å². The van der Waals surface area contributed by atoms with Gasteiger partial charge in [0.25, 0.3) is 0 Å². The first kappa shape index (κ1) is 32.0. The minimum absolute atomic E-state index is 0.900. The predicted molar refractivity (Wildman–Crippen MR) is 208 cm³/mol. The maximum Gasteiger partial charge on any atom is 0.148 e. The zero-order chi connectivity index (χ0) is 33.7.